The third-order valence-corrected chi connectivity index (χ3v) is 5.94. The molecule has 2 atom stereocenters. The van der Waals surface area contributed by atoms with E-state index in [2.05, 4.69) is 0 Å². The predicted molar refractivity (Wildman–Crippen MR) is 106 cm³/mol. The van der Waals surface area contributed by atoms with Gasteiger partial charge in [-0.1, -0.05) is 72.8 Å². The lowest BCUT2D eigenvalue weighted by atomic mass is 9.63. The van der Waals surface area contributed by atoms with E-state index in [0.717, 1.165) is 11.1 Å². The van der Waals surface area contributed by atoms with Crippen LogP contribution in [0, 0.1) is 0 Å². The van der Waals surface area contributed by atoms with Gasteiger partial charge < -0.3 is 20.4 Å². The van der Waals surface area contributed by atoms with Crippen LogP contribution in [0.2, 0.25) is 0 Å². The molecule has 1 aliphatic rings. The van der Waals surface area contributed by atoms with E-state index >= 15 is 0 Å². The van der Waals surface area contributed by atoms with Gasteiger partial charge in [0.15, 0.2) is 0 Å². The summed E-state index contributed by atoms with van der Waals surface area (Å²) in [4.78, 5) is 0. The summed E-state index contributed by atoms with van der Waals surface area (Å²) in [5.41, 5.74) is 1.24. The van der Waals surface area contributed by atoms with Crippen molar-refractivity contribution in [2.45, 2.75) is 37.3 Å². The van der Waals surface area contributed by atoms with Crippen LogP contribution in [0.25, 0.3) is 0 Å². The number of benzene rings is 3. The maximum Gasteiger partial charge on any atom is 0.127 e. The second kappa shape index (κ2) is 7.15. The lowest BCUT2D eigenvalue weighted by molar-refractivity contribution is -0.171. The molecule has 4 N–H and O–H groups in total. The lowest BCUT2D eigenvalue weighted by Gasteiger charge is -2.48. The average Bonchev–Trinajstić information content (AvgIpc) is 2.75. The Labute approximate surface area is 164 Å². The van der Waals surface area contributed by atoms with Crippen LogP contribution >= 0.6 is 0 Å². The van der Waals surface area contributed by atoms with Crippen molar-refractivity contribution in [2.75, 3.05) is 0 Å². The standard InChI is InChI=1S/C24H24O4/c25-15-19-11-17-13-23(27,21-7-3-1-4-8-21)24(28,22-9-5-2-6-10-22)14-18(17)12-20(19)16-26/h1-12,25-28H,13-16H2. The summed E-state index contributed by atoms with van der Waals surface area (Å²) < 4.78 is 0. The van der Waals surface area contributed by atoms with Gasteiger partial charge in [-0.2, -0.15) is 0 Å². The molecule has 0 aliphatic heterocycles. The van der Waals surface area contributed by atoms with Gasteiger partial charge in [-0.05, 0) is 33.4 Å². The highest BCUT2D eigenvalue weighted by molar-refractivity contribution is 5.47. The van der Waals surface area contributed by atoms with E-state index in [1.807, 2.05) is 72.8 Å². The van der Waals surface area contributed by atoms with Crippen molar-refractivity contribution in [3.63, 3.8) is 0 Å². The molecule has 0 bridgehead atoms. The van der Waals surface area contributed by atoms with Crippen LogP contribution in [0.15, 0.2) is 72.8 Å². The van der Waals surface area contributed by atoms with Crippen LogP contribution in [0.3, 0.4) is 0 Å². The van der Waals surface area contributed by atoms with Gasteiger partial charge in [0.25, 0.3) is 0 Å². The zero-order valence-electron chi connectivity index (χ0n) is 15.5. The zero-order valence-corrected chi connectivity index (χ0v) is 15.5. The maximum absolute atomic E-state index is 11.9. The molecule has 28 heavy (non-hydrogen) atoms. The van der Waals surface area contributed by atoms with Gasteiger partial charge >= 0.3 is 0 Å². The van der Waals surface area contributed by atoms with Crippen molar-refractivity contribution in [1.82, 2.24) is 0 Å². The molecule has 0 saturated heterocycles. The Morgan fingerprint density at radius 1 is 0.607 bits per heavy atom. The first-order chi connectivity index (χ1) is 13.5. The highest BCUT2D eigenvalue weighted by atomic mass is 16.4. The SMILES string of the molecule is OCc1cc2c(cc1CO)CC(O)(c1ccccc1)C(O)(c1ccccc1)C2. The number of fused-ring (bicyclic) bond motifs is 1. The minimum absolute atomic E-state index is 0.185. The fourth-order valence-corrected chi connectivity index (χ4v) is 4.37. The van der Waals surface area contributed by atoms with E-state index in [-0.39, 0.29) is 26.1 Å². The van der Waals surface area contributed by atoms with Gasteiger partial charge in [-0.15, -0.1) is 0 Å². The zero-order chi connectivity index (χ0) is 19.8. The lowest BCUT2D eigenvalue weighted by Crippen LogP contribution is -2.55. The molecule has 0 saturated carbocycles. The summed E-state index contributed by atoms with van der Waals surface area (Å²) in [6.07, 6.45) is 0.410. The van der Waals surface area contributed by atoms with Crippen LogP contribution in [0.1, 0.15) is 33.4 Å². The molecule has 2 unspecified atom stereocenters. The van der Waals surface area contributed by atoms with Gasteiger partial charge in [-0.3, -0.25) is 0 Å². The van der Waals surface area contributed by atoms with Crippen LogP contribution in [0.5, 0.6) is 0 Å². The molecule has 1 aliphatic carbocycles. The summed E-state index contributed by atoms with van der Waals surface area (Å²) in [5, 5.41) is 43.1. The van der Waals surface area contributed by atoms with Crippen LogP contribution < -0.4 is 0 Å². The quantitative estimate of drug-likeness (QED) is 0.564. The fourth-order valence-electron chi connectivity index (χ4n) is 4.37. The Morgan fingerprint density at radius 3 is 1.29 bits per heavy atom. The smallest absolute Gasteiger partial charge is 0.127 e. The largest absolute Gasteiger partial charge is 0.392 e. The first kappa shape index (κ1) is 18.8. The van der Waals surface area contributed by atoms with Gasteiger partial charge in [0.05, 0.1) is 13.2 Å². The summed E-state index contributed by atoms with van der Waals surface area (Å²) in [6.45, 7) is -0.369. The van der Waals surface area contributed by atoms with E-state index in [1.54, 1.807) is 0 Å². The first-order valence-corrected chi connectivity index (χ1v) is 9.43. The van der Waals surface area contributed by atoms with Crippen LogP contribution in [-0.4, -0.2) is 20.4 Å². The highest BCUT2D eigenvalue weighted by Gasteiger charge is 2.54. The minimum Gasteiger partial charge on any atom is -0.392 e. The van der Waals surface area contributed by atoms with E-state index in [4.69, 9.17) is 0 Å². The highest BCUT2D eigenvalue weighted by Crippen LogP contribution is 2.49. The van der Waals surface area contributed by atoms with Gasteiger partial charge in [-0.25, -0.2) is 0 Å². The Bertz CT molecular complexity index is 890. The third-order valence-electron chi connectivity index (χ3n) is 5.94. The van der Waals surface area contributed by atoms with E-state index in [1.165, 1.54) is 0 Å². The summed E-state index contributed by atoms with van der Waals surface area (Å²) in [5.74, 6) is 0. The Morgan fingerprint density at radius 2 is 0.964 bits per heavy atom. The summed E-state index contributed by atoms with van der Waals surface area (Å²) in [7, 11) is 0. The maximum atomic E-state index is 11.9. The van der Waals surface area contributed by atoms with Crippen molar-refractivity contribution in [1.29, 1.82) is 0 Å². The molecule has 144 valence electrons. The topological polar surface area (TPSA) is 80.9 Å². The van der Waals surface area contributed by atoms with E-state index < -0.39 is 11.2 Å². The van der Waals surface area contributed by atoms with Crippen molar-refractivity contribution in [3.8, 4) is 0 Å². The molecule has 3 aromatic rings. The molecule has 0 amide bonds. The Kier molecular flexibility index (Phi) is 4.81. The first-order valence-electron chi connectivity index (χ1n) is 9.43. The molecule has 4 heteroatoms. The summed E-state index contributed by atoms with van der Waals surface area (Å²) in [6, 6.07) is 22.1. The molecule has 0 aromatic heterocycles. The number of hydrogen-bond acceptors (Lipinski definition) is 4. The predicted octanol–water partition coefficient (Wildman–Crippen LogP) is 2.55. The van der Waals surface area contributed by atoms with Gasteiger partial charge in [0, 0.05) is 12.8 Å². The fraction of sp³-hybridized carbons (Fsp3) is 0.250. The van der Waals surface area contributed by atoms with Crippen molar-refractivity contribution >= 4 is 0 Å². The monoisotopic (exact) mass is 376 g/mol. The van der Waals surface area contributed by atoms with E-state index in [9.17, 15) is 20.4 Å². The second-order valence-corrected chi connectivity index (χ2v) is 7.51. The molecule has 4 rings (SSSR count). The third kappa shape index (κ3) is 2.86. The van der Waals surface area contributed by atoms with E-state index in [0.29, 0.717) is 22.3 Å². The molecule has 0 fully saturated rings. The van der Waals surface area contributed by atoms with Crippen molar-refractivity contribution in [2.24, 2.45) is 0 Å². The molecule has 0 spiro atoms. The molecular weight excluding hydrogens is 352 g/mol. The van der Waals surface area contributed by atoms with Crippen molar-refractivity contribution in [3.05, 3.63) is 106 Å². The number of aliphatic hydroxyl groups excluding tert-OH is 2. The van der Waals surface area contributed by atoms with Crippen LogP contribution in [-0.2, 0) is 37.3 Å². The van der Waals surface area contributed by atoms with Crippen LogP contribution in [0.4, 0.5) is 0 Å². The van der Waals surface area contributed by atoms with Crippen molar-refractivity contribution < 1.29 is 20.4 Å². The summed E-state index contributed by atoms with van der Waals surface area (Å²) >= 11 is 0. The molecule has 0 radical (unpaired) electrons. The number of aliphatic hydroxyl groups is 4. The second-order valence-electron chi connectivity index (χ2n) is 7.51. The Balaban J connectivity index is 1.94. The minimum atomic E-state index is -1.53. The number of rotatable bonds is 4. The van der Waals surface area contributed by atoms with Gasteiger partial charge in [0.1, 0.15) is 11.2 Å². The van der Waals surface area contributed by atoms with Gasteiger partial charge in [0.2, 0.25) is 0 Å². The Hall–Kier alpha value is -2.50. The number of hydrogen-bond donors (Lipinski definition) is 4. The molecular formula is C24H24O4. The molecule has 4 nitrogen and oxygen atoms in total. The average molecular weight is 376 g/mol. The molecule has 3 aromatic carbocycles. The normalized spacial score (nSPS) is 24.0. The molecule has 0 heterocycles.